The van der Waals surface area contributed by atoms with Gasteiger partial charge in [0.25, 0.3) is 0 Å². The molecule has 11 heavy (non-hydrogen) atoms. The second-order valence-electron chi connectivity index (χ2n) is 2.14. The summed E-state index contributed by atoms with van der Waals surface area (Å²) in [5.74, 6) is 0. The van der Waals surface area contributed by atoms with Crippen LogP contribution in [-0.2, 0) is 13.3 Å². The van der Waals surface area contributed by atoms with Crippen LogP contribution < -0.4 is 5.73 Å². The second-order valence-corrected chi connectivity index (χ2v) is 3.74. The van der Waals surface area contributed by atoms with Gasteiger partial charge in [-0.15, -0.1) is 0 Å². The Morgan fingerprint density at radius 1 is 1.36 bits per heavy atom. The topological polar surface area (TPSA) is 53.7 Å². The molecule has 67 valence electrons. The molecule has 0 spiro atoms. The fourth-order valence-electron chi connectivity index (χ4n) is 0.494. The highest BCUT2D eigenvalue weighted by atomic mass is 28.3. The molecule has 1 radical (unpaired) electrons. The summed E-state index contributed by atoms with van der Waals surface area (Å²) in [6.07, 6.45) is 0.905. The van der Waals surface area contributed by atoms with Crippen molar-refractivity contribution in [3.63, 3.8) is 0 Å². The molecule has 5 heteroatoms. The SMILES string of the molecule is CCC(N)CO[Si](OC)OC. The summed E-state index contributed by atoms with van der Waals surface area (Å²) in [6.45, 7) is 2.52. The van der Waals surface area contributed by atoms with E-state index >= 15 is 0 Å². The lowest BCUT2D eigenvalue weighted by molar-refractivity contribution is 0.127. The Morgan fingerprint density at radius 3 is 2.27 bits per heavy atom. The molecule has 0 saturated heterocycles. The zero-order valence-electron chi connectivity index (χ0n) is 7.29. The van der Waals surface area contributed by atoms with Crippen LogP contribution in [0.5, 0.6) is 0 Å². The van der Waals surface area contributed by atoms with Gasteiger partial charge in [0.1, 0.15) is 0 Å². The molecule has 0 aromatic carbocycles. The third-order valence-electron chi connectivity index (χ3n) is 1.27. The summed E-state index contributed by atoms with van der Waals surface area (Å²) in [6, 6.07) is 0.0836. The summed E-state index contributed by atoms with van der Waals surface area (Å²) in [4.78, 5) is 0. The van der Waals surface area contributed by atoms with Crippen LogP contribution in [-0.4, -0.2) is 36.4 Å². The van der Waals surface area contributed by atoms with Gasteiger partial charge in [0, 0.05) is 20.3 Å². The Hall–Kier alpha value is 0.0569. The Balaban J connectivity index is 3.34. The zero-order chi connectivity index (χ0) is 8.69. The molecule has 0 aliphatic rings. The molecule has 4 nitrogen and oxygen atoms in total. The molecule has 0 aromatic rings. The molecule has 0 rings (SSSR count). The summed E-state index contributed by atoms with van der Waals surface area (Å²) in [5, 5.41) is 0. The number of rotatable bonds is 6. The summed E-state index contributed by atoms with van der Waals surface area (Å²) < 4.78 is 15.0. The minimum Gasteiger partial charge on any atom is -0.375 e. The van der Waals surface area contributed by atoms with E-state index in [1.165, 1.54) is 0 Å². The first-order valence-corrected chi connectivity index (χ1v) is 4.80. The summed E-state index contributed by atoms with van der Waals surface area (Å²) in [7, 11) is 1.62. The van der Waals surface area contributed by atoms with Gasteiger partial charge in [-0.05, 0) is 6.42 Å². The molecule has 0 amide bonds. The first kappa shape index (κ1) is 11.1. The standard InChI is InChI=1S/C6H16NO3Si/c1-4-6(7)5-10-11(8-2)9-3/h6H,4-5,7H2,1-3H3. The van der Waals surface area contributed by atoms with Crippen LogP contribution in [0.3, 0.4) is 0 Å². The predicted molar refractivity (Wildman–Crippen MR) is 44.0 cm³/mol. The maximum atomic E-state index is 5.61. The van der Waals surface area contributed by atoms with E-state index in [4.69, 9.17) is 19.0 Å². The normalized spacial score (nSPS) is 13.9. The molecular weight excluding hydrogens is 162 g/mol. The quantitative estimate of drug-likeness (QED) is 0.582. The largest absolute Gasteiger partial charge is 0.577 e. The van der Waals surface area contributed by atoms with E-state index in [0.29, 0.717) is 6.61 Å². The highest BCUT2D eigenvalue weighted by molar-refractivity contribution is 6.36. The minimum absolute atomic E-state index is 0.0836. The van der Waals surface area contributed by atoms with E-state index < -0.39 is 9.53 Å². The van der Waals surface area contributed by atoms with E-state index in [1.807, 2.05) is 6.92 Å². The van der Waals surface area contributed by atoms with E-state index in [9.17, 15) is 0 Å². The molecule has 0 fully saturated rings. The van der Waals surface area contributed by atoms with E-state index in [0.717, 1.165) is 6.42 Å². The monoisotopic (exact) mass is 178 g/mol. The average molecular weight is 178 g/mol. The fourth-order valence-corrected chi connectivity index (χ4v) is 1.25. The lowest BCUT2D eigenvalue weighted by Gasteiger charge is -2.12. The first-order chi connectivity index (χ1) is 5.24. The highest BCUT2D eigenvalue weighted by Gasteiger charge is 2.15. The van der Waals surface area contributed by atoms with E-state index in [-0.39, 0.29) is 6.04 Å². The van der Waals surface area contributed by atoms with Gasteiger partial charge in [-0.2, -0.15) is 0 Å². The molecule has 2 N–H and O–H groups in total. The van der Waals surface area contributed by atoms with Gasteiger partial charge in [0.15, 0.2) is 0 Å². The van der Waals surface area contributed by atoms with Gasteiger partial charge in [-0.1, -0.05) is 6.92 Å². The Morgan fingerprint density at radius 2 is 1.91 bits per heavy atom. The van der Waals surface area contributed by atoms with Crippen molar-refractivity contribution in [3.05, 3.63) is 0 Å². The van der Waals surface area contributed by atoms with Crippen molar-refractivity contribution in [1.29, 1.82) is 0 Å². The van der Waals surface area contributed by atoms with Crippen LogP contribution in [0.4, 0.5) is 0 Å². The Bertz CT molecular complexity index is 89.9. The molecular formula is C6H16NO3Si. The molecule has 0 saturated carbocycles. The smallest absolute Gasteiger partial charge is 0.375 e. The van der Waals surface area contributed by atoms with Crippen LogP contribution >= 0.6 is 0 Å². The Kier molecular flexibility index (Phi) is 6.78. The summed E-state index contributed by atoms with van der Waals surface area (Å²) >= 11 is 0. The third kappa shape index (κ3) is 5.34. The van der Waals surface area contributed by atoms with E-state index in [2.05, 4.69) is 0 Å². The van der Waals surface area contributed by atoms with Gasteiger partial charge < -0.3 is 19.0 Å². The lowest BCUT2D eigenvalue weighted by Crippen LogP contribution is -2.32. The Labute approximate surface area is 69.6 Å². The van der Waals surface area contributed by atoms with Crippen molar-refractivity contribution in [1.82, 2.24) is 0 Å². The molecule has 0 aliphatic carbocycles. The number of hydrogen-bond acceptors (Lipinski definition) is 4. The van der Waals surface area contributed by atoms with Crippen molar-refractivity contribution in [2.24, 2.45) is 5.73 Å². The second kappa shape index (κ2) is 6.75. The van der Waals surface area contributed by atoms with Crippen LogP contribution in [0.25, 0.3) is 0 Å². The highest BCUT2D eigenvalue weighted by Crippen LogP contribution is 1.92. The predicted octanol–water partition coefficient (Wildman–Crippen LogP) is 0.0180. The molecule has 1 unspecified atom stereocenters. The molecule has 0 aliphatic heterocycles. The van der Waals surface area contributed by atoms with Crippen molar-refractivity contribution in [2.45, 2.75) is 19.4 Å². The van der Waals surface area contributed by atoms with Crippen molar-refractivity contribution < 1.29 is 13.3 Å². The molecule has 0 bridgehead atoms. The van der Waals surface area contributed by atoms with Gasteiger partial charge in [0.2, 0.25) is 0 Å². The van der Waals surface area contributed by atoms with Crippen molar-refractivity contribution in [3.8, 4) is 0 Å². The number of hydrogen-bond donors (Lipinski definition) is 1. The van der Waals surface area contributed by atoms with Crippen LogP contribution in [0.1, 0.15) is 13.3 Å². The maximum Gasteiger partial charge on any atom is 0.577 e. The van der Waals surface area contributed by atoms with Gasteiger partial charge in [0.05, 0.1) is 6.61 Å². The minimum atomic E-state index is -1.51. The van der Waals surface area contributed by atoms with Crippen LogP contribution in [0, 0.1) is 0 Å². The van der Waals surface area contributed by atoms with E-state index in [1.54, 1.807) is 14.2 Å². The van der Waals surface area contributed by atoms with Gasteiger partial charge in [-0.25, -0.2) is 0 Å². The van der Waals surface area contributed by atoms with Crippen LogP contribution in [0.2, 0.25) is 0 Å². The first-order valence-electron chi connectivity index (χ1n) is 3.57. The van der Waals surface area contributed by atoms with Gasteiger partial charge >= 0.3 is 9.53 Å². The molecule has 0 heterocycles. The van der Waals surface area contributed by atoms with Crippen molar-refractivity contribution in [2.75, 3.05) is 20.8 Å². The third-order valence-corrected chi connectivity index (χ3v) is 2.34. The maximum absolute atomic E-state index is 5.61. The summed E-state index contributed by atoms with van der Waals surface area (Å²) in [5.41, 5.74) is 5.61. The van der Waals surface area contributed by atoms with Crippen LogP contribution in [0.15, 0.2) is 0 Å². The fraction of sp³-hybridized carbons (Fsp3) is 1.00. The van der Waals surface area contributed by atoms with Gasteiger partial charge in [-0.3, -0.25) is 0 Å². The average Bonchev–Trinajstić information content (AvgIpc) is 2.06. The molecule has 1 atom stereocenters. The van der Waals surface area contributed by atoms with Crippen molar-refractivity contribution >= 4 is 9.53 Å². The molecule has 0 aromatic heterocycles. The zero-order valence-corrected chi connectivity index (χ0v) is 8.29. The lowest BCUT2D eigenvalue weighted by atomic mass is 10.3. The number of nitrogens with two attached hydrogens (primary N) is 1.